The minimum Gasteiger partial charge on any atom is -0.486 e. The van der Waals surface area contributed by atoms with Crippen LogP contribution in [0.25, 0.3) is 0 Å². The van der Waals surface area contributed by atoms with Crippen molar-refractivity contribution in [2.75, 3.05) is 34.7 Å². The number of nitrogen functional groups attached to an aromatic ring is 1. The van der Waals surface area contributed by atoms with Crippen LogP contribution in [-0.2, 0) is 0 Å². The first-order valence-electron chi connectivity index (χ1n) is 10.2. The first kappa shape index (κ1) is 19.5. The van der Waals surface area contributed by atoms with E-state index in [4.69, 9.17) is 15.2 Å². The molecule has 0 atom stereocenters. The standard InChI is InChI=1S/C24H22N6O2/c25-22-23(28-17-11-12-20-21(15-17)32-14-13-31-20)26-16-27-24(22)29-30(18-7-3-1-4-8-18)19-9-5-2-6-10-19/h1-12,15-16H,13-14,25H2,(H2,26,27,28,29). The number of ether oxygens (including phenoxy) is 2. The molecule has 0 radical (unpaired) electrons. The zero-order valence-corrected chi connectivity index (χ0v) is 17.2. The third-order valence-corrected chi connectivity index (χ3v) is 4.94. The summed E-state index contributed by atoms with van der Waals surface area (Å²) in [4.78, 5) is 8.69. The molecule has 1 aliphatic rings. The number of benzene rings is 3. The average Bonchev–Trinajstić information content (AvgIpc) is 2.85. The number of hydrogen-bond donors (Lipinski definition) is 3. The Labute approximate surface area is 185 Å². The van der Waals surface area contributed by atoms with Crippen LogP contribution in [0.3, 0.4) is 0 Å². The molecule has 0 amide bonds. The van der Waals surface area contributed by atoms with Gasteiger partial charge < -0.3 is 20.5 Å². The number of nitrogens with two attached hydrogens (primary N) is 1. The van der Waals surface area contributed by atoms with Gasteiger partial charge in [-0.3, -0.25) is 10.4 Å². The number of hydrogen-bond acceptors (Lipinski definition) is 8. The summed E-state index contributed by atoms with van der Waals surface area (Å²) in [5.41, 5.74) is 12.8. The normalized spacial score (nSPS) is 12.1. The topological polar surface area (TPSA) is 97.6 Å². The molecule has 5 rings (SSSR count). The maximum Gasteiger partial charge on any atom is 0.173 e. The largest absolute Gasteiger partial charge is 0.486 e. The first-order chi connectivity index (χ1) is 15.8. The van der Waals surface area contributed by atoms with Gasteiger partial charge in [0.15, 0.2) is 23.1 Å². The summed E-state index contributed by atoms with van der Waals surface area (Å²) in [5.74, 6) is 2.38. The van der Waals surface area contributed by atoms with Crippen LogP contribution >= 0.6 is 0 Å². The van der Waals surface area contributed by atoms with Crippen LogP contribution in [-0.4, -0.2) is 23.2 Å². The van der Waals surface area contributed by atoms with Crippen molar-refractivity contribution in [1.82, 2.24) is 9.97 Å². The van der Waals surface area contributed by atoms with E-state index in [9.17, 15) is 0 Å². The molecule has 32 heavy (non-hydrogen) atoms. The summed E-state index contributed by atoms with van der Waals surface area (Å²) < 4.78 is 11.2. The van der Waals surface area contributed by atoms with E-state index in [1.165, 1.54) is 6.33 Å². The molecular formula is C24H22N6O2. The Morgan fingerprint density at radius 1 is 0.750 bits per heavy atom. The maximum atomic E-state index is 6.44. The highest BCUT2D eigenvalue weighted by Gasteiger charge is 2.16. The highest BCUT2D eigenvalue weighted by molar-refractivity contribution is 5.80. The number of rotatable bonds is 6. The van der Waals surface area contributed by atoms with E-state index < -0.39 is 0 Å². The molecule has 4 aromatic rings. The summed E-state index contributed by atoms with van der Waals surface area (Å²) in [6.07, 6.45) is 1.47. The Bertz CT molecular complexity index is 1160. The van der Waals surface area contributed by atoms with Crippen LogP contribution in [0.1, 0.15) is 0 Å². The highest BCUT2D eigenvalue weighted by atomic mass is 16.6. The third-order valence-electron chi connectivity index (χ3n) is 4.94. The van der Waals surface area contributed by atoms with Crippen molar-refractivity contribution in [3.63, 3.8) is 0 Å². The van der Waals surface area contributed by atoms with E-state index in [0.717, 1.165) is 22.8 Å². The lowest BCUT2D eigenvalue weighted by atomic mass is 10.2. The summed E-state index contributed by atoms with van der Waals surface area (Å²) in [5, 5.41) is 5.17. The molecule has 0 unspecified atom stereocenters. The second-order valence-corrected chi connectivity index (χ2v) is 7.09. The predicted octanol–water partition coefficient (Wildman–Crippen LogP) is 4.74. The van der Waals surface area contributed by atoms with Crippen LogP contribution < -0.4 is 31.0 Å². The molecule has 0 spiro atoms. The minimum atomic E-state index is 0.388. The molecular weight excluding hydrogens is 404 g/mol. The highest BCUT2D eigenvalue weighted by Crippen LogP contribution is 2.35. The molecule has 0 fully saturated rings. The van der Waals surface area contributed by atoms with Crippen molar-refractivity contribution in [1.29, 1.82) is 0 Å². The minimum absolute atomic E-state index is 0.388. The molecule has 2 heterocycles. The summed E-state index contributed by atoms with van der Waals surface area (Å²) in [6.45, 7) is 1.07. The van der Waals surface area contributed by atoms with Crippen molar-refractivity contribution in [2.24, 2.45) is 0 Å². The van der Waals surface area contributed by atoms with Crippen LogP contribution in [0.5, 0.6) is 11.5 Å². The summed E-state index contributed by atoms with van der Waals surface area (Å²) >= 11 is 0. The Kier molecular flexibility index (Phi) is 5.32. The molecule has 1 aromatic heterocycles. The molecule has 0 bridgehead atoms. The van der Waals surface area contributed by atoms with Crippen LogP contribution in [0.4, 0.5) is 34.4 Å². The Hall–Kier alpha value is -4.46. The van der Waals surface area contributed by atoms with E-state index in [1.807, 2.05) is 83.9 Å². The fourth-order valence-corrected chi connectivity index (χ4v) is 3.38. The van der Waals surface area contributed by atoms with Crippen molar-refractivity contribution < 1.29 is 9.47 Å². The van der Waals surface area contributed by atoms with Crippen LogP contribution in [0.15, 0.2) is 85.2 Å². The number of hydrazine groups is 1. The van der Waals surface area contributed by atoms with Gasteiger partial charge in [-0.25, -0.2) is 9.97 Å². The number of fused-ring (bicyclic) bond motifs is 1. The van der Waals surface area contributed by atoms with Gasteiger partial charge in [-0.05, 0) is 36.4 Å². The molecule has 0 saturated heterocycles. The van der Waals surface area contributed by atoms with Gasteiger partial charge in [0.25, 0.3) is 0 Å². The smallest absolute Gasteiger partial charge is 0.173 e. The van der Waals surface area contributed by atoms with E-state index in [-0.39, 0.29) is 0 Å². The number of aromatic nitrogens is 2. The fraction of sp³-hybridized carbons (Fsp3) is 0.0833. The molecule has 8 nitrogen and oxygen atoms in total. The molecule has 160 valence electrons. The van der Waals surface area contributed by atoms with Crippen molar-refractivity contribution in [2.45, 2.75) is 0 Å². The van der Waals surface area contributed by atoms with Gasteiger partial charge in [0, 0.05) is 11.8 Å². The van der Waals surface area contributed by atoms with E-state index in [2.05, 4.69) is 20.7 Å². The number of para-hydroxylation sites is 2. The molecule has 1 aliphatic heterocycles. The van der Waals surface area contributed by atoms with Gasteiger partial charge in [0.05, 0.1) is 11.4 Å². The third kappa shape index (κ3) is 4.06. The fourth-order valence-electron chi connectivity index (χ4n) is 3.38. The Morgan fingerprint density at radius 3 is 2.06 bits per heavy atom. The Balaban J connectivity index is 1.43. The summed E-state index contributed by atoms with van der Waals surface area (Å²) in [6, 6.07) is 25.5. The lowest BCUT2D eigenvalue weighted by Gasteiger charge is -2.27. The van der Waals surface area contributed by atoms with Gasteiger partial charge in [-0.15, -0.1) is 0 Å². The molecule has 0 aliphatic carbocycles. The molecule has 3 aromatic carbocycles. The van der Waals surface area contributed by atoms with Crippen molar-refractivity contribution in [3.05, 3.63) is 85.2 Å². The number of nitrogens with zero attached hydrogens (tertiary/aromatic N) is 3. The van der Waals surface area contributed by atoms with E-state index >= 15 is 0 Å². The SMILES string of the molecule is Nc1c(Nc2ccc3c(c2)OCCO3)ncnc1NN(c1ccccc1)c1ccccc1. The van der Waals surface area contributed by atoms with Gasteiger partial charge in [0.1, 0.15) is 25.2 Å². The van der Waals surface area contributed by atoms with Gasteiger partial charge >= 0.3 is 0 Å². The van der Waals surface area contributed by atoms with E-state index in [1.54, 1.807) is 0 Å². The molecule has 8 heteroatoms. The van der Waals surface area contributed by atoms with Gasteiger partial charge in [-0.1, -0.05) is 36.4 Å². The predicted molar refractivity (Wildman–Crippen MR) is 126 cm³/mol. The molecule has 4 N–H and O–H groups in total. The van der Waals surface area contributed by atoms with E-state index in [0.29, 0.717) is 36.3 Å². The Morgan fingerprint density at radius 2 is 1.38 bits per heavy atom. The molecule has 0 saturated carbocycles. The van der Waals surface area contributed by atoms with Crippen LogP contribution in [0, 0.1) is 0 Å². The monoisotopic (exact) mass is 426 g/mol. The second kappa shape index (κ2) is 8.73. The second-order valence-electron chi connectivity index (χ2n) is 7.09. The first-order valence-corrected chi connectivity index (χ1v) is 10.2. The number of nitrogens with one attached hydrogen (secondary N) is 2. The lowest BCUT2D eigenvalue weighted by molar-refractivity contribution is 0.171. The van der Waals surface area contributed by atoms with Crippen LogP contribution in [0.2, 0.25) is 0 Å². The van der Waals surface area contributed by atoms with Crippen molar-refractivity contribution >= 4 is 34.4 Å². The lowest BCUT2D eigenvalue weighted by Crippen LogP contribution is -2.26. The quantitative estimate of drug-likeness (QED) is 0.381. The summed E-state index contributed by atoms with van der Waals surface area (Å²) in [7, 11) is 0. The number of anilines is 6. The average molecular weight is 426 g/mol. The van der Waals surface area contributed by atoms with Crippen molar-refractivity contribution in [3.8, 4) is 11.5 Å². The zero-order chi connectivity index (χ0) is 21.8. The van der Waals surface area contributed by atoms with Gasteiger partial charge in [0.2, 0.25) is 0 Å². The maximum absolute atomic E-state index is 6.44. The van der Waals surface area contributed by atoms with Gasteiger partial charge in [-0.2, -0.15) is 0 Å². The zero-order valence-electron chi connectivity index (χ0n) is 17.2.